The van der Waals surface area contributed by atoms with E-state index in [1.165, 1.54) is 51.4 Å². The number of hydrogen-bond acceptors (Lipinski definition) is 4. The molecule has 1 heterocycles. The highest BCUT2D eigenvalue weighted by Crippen LogP contribution is 2.40. The molecule has 1 amide bonds. The van der Waals surface area contributed by atoms with E-state index in [0.717, 1.165) is 17.5 Å². The number of aromatic nitrogens is 3. The highest BCUT2D eigenvalue weighted by Gasteiger charge is 2.38. The summed E-state index contributed by atoms with van der Waals surface area (Å²) in [5, 5.41) is 9.63. The summed E-state index contributed by atoms with van der Waals surface area (Å²) in [4.78, 5) is 15.0. The Morgan fingerprint density at radius 2 is 1.83 bits per heavy atom. The van der Waals surface area contributed by atoms with Crippen molar-refractivity contribution in [3.8, 4) is 0 Å². The third-order valence-electron chi connectivity index (χ3n) is 5.28. The molecule has 3 fully saturated rings. The van der Waals surface area contributed by atoms with Crippen LogP contribution < -0.4 is 0 Å². The molecule has 0 aromatic carbocycles. The SMILES string of the molecule is CCn1c(SCC(=O)N(C2CCCC2)C2CC2)nnc1C1CC1. The van der Waals surface area contributed by atoms with Crippen LogP contribution in [-0.2, 0) is 11.3 Å². The van der Waals surface area contributed by atoms with Crippen molar-refractivity contribution in [1.29, 1.82) is 0 Å². The number of nitrogens with zero attached hydrogens (tertiary/aromatic N) is 4. The second-order valence-electron chi connectivity index (χ2n) is 7.12. The highest BCUT2D eigenvalue weighted by atomic mass is 32.2. The summed E-state index contributed by atoms with van der Waals surface area (Å²) in [6, 6.07) is 1.03. The lowest BCUT2D eigenvalue weighted by molar-refractivity contribution is -0.131. The Kier molecular flexibility index (Phi) is 4.35. The van der Waals surface area contributed by atoms with Gasteiger partial charge in [-0.1, -0.05) is 24.6 Å². The first kappa shape index (κ1) is 15.5. The topological polar surface area (TPSA) is 51.0 Å². The molecule has 0 N–H and O–H groups in total. The van der Waals surface area contributed by atoms with Gasteiger partial charge >= 0.3 is 0 Å². The molecular weight excluding hydrogens is 308 g/mol. The molecule has 1 aromatic heterocycles. The monoisotopic (exact) mass is 334 g/mol. The molecule has 3 aliphatic carbocycles. The number of carbonyl (C=O) groups excluding carboxylic acids is 1. The molecule has 5 nitrogen and oxygen atoms in total. The zero-order valence-electron chi connectivity index (χ0n) is 13.9. The molecule has 3 saturated carbocycles. The van der Waals surface area contributed by atoms with Crippen molar-refractivity contribution in [1.82, 2.24) is 19.7 Å². The van der Waals surface area contributed by atoms with E-state index in [1.54, 1.807) is 11.8 Å². The van der Waals surface area contributed by atoms with Gasteiger partial charge in [-0.3, -0.25) is 4.79 Å². The Labute approximate surface area is 142 Å². The first-order chi connectivity index (χ1) is 11.3. The molecule has 126 valence electrons. The van der Waals surface area contributed by atoms with Crippen molar-refractivity contribution in [3.63, 3.8) is 0 Å². The fourth-order valence-corrected chi connectivity index (χ4v) is 4.67. The molecule has 0 atom stereocenters. The minimum absolute atomic E-state index is 0.308. The summed E-state index contributed by atoms with van der Waals surface area (Å²) in [5.74, 6) is 2.55. The van der Waals surface area contributed by atoms with E-state index < -0.39 is 0 Å². The molecule has 1 aromatic rings. The third kappa shape index (κ3) is 3.28. The van der Waals surface area contributed by atoms with Crippen LogP contribution in [0.1, 0.15) is 70.0 Å². The quantitative estimate of drug-likeness (QED) is 0.719. The number of hydrogen-bond donors (Lipinski definition) is 0. The maximum Gasteiger partial charge on any atom is 0.233 e. The van der Waals surface area contributed by atoms with Crippen LogP contribution in [0.25, 0.3) is 0 Å². The van der Waals surface area contributed by atoms with E-state index in [1.807, 2.05) is 0 Å². The highest BCUT2D eigenvalue weighted by molar-refractivity contribution is 7.99. The summed E-state index contributed by atoms with van der Waals surface area (Å²) in [7, 11) is 0. The van der Waals surface area contributed by atoms with Gasteiger partial charge < -0.3 is 9.47 Å². The smallest absolute Gasteiger partial charge is 0.233 e. The van der Waals surface area contributed by atoms with Crippen LogP contribution in [0.4, 0.5) is 0 Å². The van der Waals surface area contributed by atoms with E-state index in [-0.39, 0.29) is 0 Å². The largest absolute Gasteiger partial charge is 0.336 e. The van der Waals surface area contributed by atoms with Gasteiger partial charge in [-0.2, -0.15) is 0 Å². The van der Waals surface area contributed by atoms with Crippen LogP contribution >= 0.6 is 11.8 Å². The summed E-state index contributed by atoms with van der Waals surface area (Å²) >= 11 is 1.58. The second kappa shape index (κ2) is 6.46. The van der Waals surface area contributed by atoms with E-state index in [0.29, 0.717) is 29.7 Å². The van der Waals surface area contributed by atoms with E-state index in [9.17, 15) is 4.79 Å². The molecule has 0 radical (unpaired) electrons. The average Bonchev–Trinajstić information content (AvgIpc) is 3.47. The van der Waals surface area contributed by atoms with Crippen molar-refractivity contribution in [3.05, 3.63) is 5.82 Å². The van der Waals surface area contributed by atoms with Crippen molar-refractivity contribution in [2.24, 2.45) is 0 Å². The zero-order chi connectivity index (χ0) is 15.8. The predicted octanol–water partition coefficient (Wildman–Crippen LogP) is 3.20. The van der Waals surface area contributed by atoms with Crippen molar-refractivity contribution in [2.45, 2.75) is 88.0 Å². The first-order valence-electron chi connectivity index (χ1n) is 9.15. The average molecular weight is 334 g/mol. The number of thioether (sulfide) groups is 1. The molecule has 23 heavy (non-hydrogen) atoms. The Morgan fingerprint density at radius 1 is 1.13 bits per heavy atom. The zero-order valence-corrected chi connectivity index (χ0v) is 14.7. The van der Waals surface area contributed by atoms with Crippen LogP contribution in [0, 0.1) is 0 Å². The van der Waals surface area contributed by atoms with Gasteiger partial charge in [0, 0.05) is 24.5 Å². The maximum atomic E-state index is 12.8. The first-order valence-corrected chi connectivity index (χ1v) is 10.1. The predicted molar refractivity (Wildman–Crippen MR) is 90.5 cm³/mol. The fourth-order valence-electron chi connectivity index (χ4n) is 3.79. The Bertz CT molecular complexity index is 573. The van der Waals surface area contributed by atoms with Crippen LogP contribution in [0.2, 0.25) is 0 Å². The maximum absolute atomic E-state index is 12.8. The van der Waals surface area contributed by atoms with Crippen molar-refractivity contribution in [2.75, 3.05) is 5.75 Å². The molecule has 0 bridgehead atoms. The number of carbonyl (C=O) groups is 1. The molecule has 0 spiro atoms. The second-order valence-corrected chi connectivity index (χ2v) is 8.06. The van der Waals surface area contributed by atoms with E-state index in [2.05, 4.69) is 26.6 Å². The van der Waals surface area contributed by atoms with Crippen LogP contribution in [0.3, 0.4) is 0 Å². The van der Waals surface area contributed by atoms with Gasteiger partial charge in [-0.15, -0.1) is 10.2 Å². The van der Waals surface area contributed by atoms with Gasteiger partial charge in [-0.05, 0) is 45.4 Å². The van der Waals surface area contributed by atoms with Gasteiger partial charge in [0.25, 0.3) is 0 Å². The van der Waals surface area contributed by atoms with Gasteiger partial charge in [0.2, 0.25) is 5.91 Å². The minimum Gasteiger partial charge on any atom is -0.336 e. The summed E-state index contributed by atoms with van der Waals surface area (Å²) in [5.41, 5.74) is 0. The molecule has 6 heteroatoms. The summed E-state index contributed by atoms with van der Waals surface area (Å²) in [6.45, 7) is 3.03. The molecule has 0 aliphatic heterocycles. The van der Waals surface area contributed by atoms with E-state index in [4.69, 9.17) is 0 Å². The normalized spacial score (nSPS) is 21.8. The lowest BCUT2D eigenvalue weighted by Crippen LogP contribution is -2.41. The van der Waals surface area contributed by atoms with Gasteiger partial charge in [-0.25, -0.2) is 0 Å². The Morgan fingerprint density at radius 3 is 2.43 bits per heavy atom. The Hall–Kier alpha value is -1.04. The third-order valence-corrected chi connectivity index (χ3v) is 6.23. The molecule has 0 unspecified atom stereocenters. The lowest BCUT2D eigenvalue weighted by Gasteiger charge is -2.29. The fraction of sp³-hybridized carbons (Fsp3) is 0.824. The van der Waals surface area contributed by atoms with Crippen LogP contribution in [0.15, 0.2) is 5.16 Å². The van der Waals surface area contributed by atoms with Crippen molar-refractivity contribution < 1.29 is 4.79 Å². The van der Waals surface area contributed by atoms with Crippen LogP contribution in [0.5, 0.6) is 0 Å². The number of rotatable bonds is 7. The van der Waals surface area contributed by atoms with Crippen molar-refractivity contribution >= 4 is 17.7 Å². The summed E-state index contributed by atoms with van der Waals surface area (Å²) < 4.78 is 2.20. The molecule has 4 rings (SSSR count). The molecular formula is C17H26N4OS. The van der Waals surface area contributed by atoms with Gasteiger partial charge in [0.15, 0.2) is 5.16 Å². The Balaban J connectivity index is 1.40. The molecule has 3 aliphatic rings. The van der Waals surface area contributed by atoms with Gasteiger partial charge in [0.05, 0.1) is 5.75 Å². The summed E-state index contributed by atoms with van der Waals surface area (Å²) in [6.07, 6.45) is 9.83. The molecule has 0 saturated heterocycles. The van der Waals surface area contributed by atoms with Crippen LogP contribution in [-0.4, -0.2) is 43.4 Å². The van der Waals surface area contributed by atoms with E-state index >= 15 is 0 Å². The lowest BCUT2D eigenvalue weighted by atomic mass is 10.2. The van der Waals surface area contributed by atoms with Gasteiger partial charge in [0.1, 0.15) is 5.82 Å². The number of amides is 1. The minimum atomic E-state index is 0.308. The standard InChI is InChI=1S/C17H26N4OS/c1-2-20-16(12-7-8-12)18-19-17(20)23-11-15(22)21(14-9-10-14)13-5-3-4-6-13/h12-14H,2-11H2,1H3.